The topological polar surface area (TPSA) is 12.0 Å². The number of hydrogen-bond donors (Lipinski definition) is 1. The van der Waals surface area contributed by atoms with Crippen LogP contribution in [0.4, 0.5) is 0 Å². The van der Waals surface area contributed by atoms with E-state index < -0.39 is 0 Å². The van der Waals surface area contributed by atoms with Gasteiger partial charge >= 0.3 is 0 Å². The van der Waals surface area contributed by atoms with Crippen LogP contribution >= 0.6 is 0 Å². The minimum Gasteiger partial charge on any atom is -0.308 e. The van der Waals surface area contributed by atoms with Crippen molar-refractivity contribution in [3.8, 4) is 0 Å². The average Bonchev–Trinajstić information content (AvgIpc) is 2.37. The zero-order chi connectivity index (χ0) is 8.10. The van der Waals surface area contributed by atoms with Crippen LogP contribution in [-0.4, -0.2) is 12.1 Å². The lowest BCUT2D eigenvalue weighted by atomic mass is 10.2. The second kappa shape index (κ2) is 4.55. The second-order valence-electron chi connectivity index (χ2n) is 3.47. The average molecular weight is 153 g/mol. The molecule has 1 N–H and O–H groups in total. The van der Waals surface area contributed by atoms with Crippen molar-refractivity contribution in [2.75, 3.05) is 0 Å². The van der Waals surface area contributed by atoms with Gasteiger partial charge in [0.1, 0.15) is 0 Å². The predicted molar refractivity (Wildman–Crippen MR) is 49.7 cm³/mol. The molecule has 0 bridgehead atoms. The molecule has 0 spiro atoms. The van der Waals surface area contributed by atoms with Crippen LogP contribution < -0.4 is 5.32 Å². The molecule has 1 fully saturated rings. The lowest BCUT2D eigenvalue weighted by molar-refractivity contribution is 0.626. The Labute approximate surface area is 69.9 Å². The third kappa shape index (κ3) is 3.06. The summed E-state index contributed by atoms with van der Waals surface area (Å²) in [6, 6.07) is 1.39. The molecule has 0 aromatic rings. The standard InChI is InChI=1S/C10H19N/c1-3-4-5-6-10-8-7-9(2)11-10/h5-6,9-11H,3-4,7-8H2,1-2H3/b6-5+/t9-,10-/m1/s1. The monoisotopic (exact) mass is 153 g/mol. The third-order valence-electron chi connectivity index (χ3n) is 2.23. The molecule has 1 nitrogen and oxygen atoms in total. The molecule has 1 saturated heterocycles. The lowest BCUT2D eigenvalue weighted by Crippen LogP contribution is -2.25. The van der Waals surface area contributed by atoms with Gasteiger partial charge in [-0.05, 0) is 26.2 Å². The summed E-state index contributed by atoms with van der Waals surface area (Å²) >= 11 is 0. The van der Waals surface area contributed by atoms with Crippen molar-refractivity contribution >= 4 is 0 Å². The molecule has 0 aromatic carbocycles. The number of unbranched alkanes of at least 4 members (excludes halogenated alkanes) is 1. The van der Waals surface area contributed by atoms with E-state index in [0.29, 0.717) is 6.04 Å². The molecule has 64 valence electrons. The summed E-state index contributed by atoms with van der Waals surface area (Å²) in [6.45, 7) is 4.47. The Balaban J connectivity index is 2.17. The molecule has 0 unspecified atom stereocenters. The van der Waals surface area contributed by atoms with E-state index >= 15 is 0 Å². The van der Waals surface area contributed by atoms with Crippen molar-refractivity contribution < 1.29 is 0 Å². The van der Waals surface area contributed by atoms with Crippen LogP contribution in [0.2, 0.25) is 0 Å². The summed E-state index contributed by atoms with van der Waals surface area (Å²) in [6.07, 6.45) is 9.77. The fraction of sp³-hybridized carbons (Fsp3) is 0.800. The summed E-state index contributed by atoms with van der Waals surface area (Å²) in [7, 11) is 0. The first-order valence-corrected chi connectivity index (χ1v) is 4.75. The zero-order valence-electron chi connectivity index (χ0n) is 7.64. The minimum absolute atomic E-state index is 0.663. The van der Waals surface area contributed by atoms with Gasteiger partial charge in [-0.1, -0.05) is 25.5 Å². The van der Waals surface area contributed by atoms with E-state index in [4.69, 9.17) is 0 Å². The summed E-state index contributed by atoms with van der Waals surface area (Å²) in [5, 5.41) is 3.53. The van der Waals surface area contributed by atoms with E-state index in [-0.39, 0.29) is 0 Å². The molecular formula is C10H19N. The highest BCUT2D eigenvalue weighted by molar-refractivity contribution is 4.97. The van der Waals surface area contributed by atoms with Crippen LogP contribution in [0, 0.1) is 0 Å². The van der Waals surface area contributed by atoms with Crippen molar-refractivity contribution in [3.05, 3.63) is 12.2 Å². The van der Waals surface area contributed by atoms with Gasteiger partial charge in [0.15, 0.2) is 0 Å². The van der Waals surface area contributed by atoms with Crippen molar-refractivity contribution in [2.24, 2.45) is 0 Å². The molecule has 1 aliphatic rings. The summed E-state index contributed by atoms with van der Waals surface area (Å²) in [4.78, 5) is 0. The van der Waals surface area contributed by atoms with E-state index in [1.807, 2.05) is 0 Å². The van der Waals surface area contributed by atoms with E-state index in [0.717, 1.165) is 6.04 Å². The van der Waals surface area contributed by atoms with Crippen molar-refractivity contribution in [2.45, 2.75) is 51.6 Å². The molecule has 0 aromatic heterocycles. The predicted octanol–water partition coefficient (Wildman–Crippen LogP) is 2.48. The quantitative estimate of drug-likeness (QED) is 0.614. The molecule has 1 heterocycles. The van der Waals surface area contributed by atoms with Gasteiger partial charge in [0.25, 0.3) is 0 Å². The first-order chi connectivity index (χ1) is 5.33. The molecule has 0 saturated carbocycles. The minimum atomic E-state index is 0.663. The fourth-order valence-corrected chi connectivity index (χ4v) is 1.54. The van der Waals surface area contributed by atoms with Gasteiger partial charge in [-0.2, -0.15) is 0 Å². The lowest BCUT2D eigenvalue weighted by Gasteiger charge is -2.04. The molecule has 0 aliphatic carbocycles. The first-order valence-electron chi connectivity index (χ1n) is 4.75. The van der Waals surface area contributed by atoms with Crippen LogP contribution in [-0.2, 0) is 0 Å². The van der Waals surface area contributed by atoms with Gasteiger partial charge in [-0.15, -0.1) is 0 Å². The maximum absolute atomic E-state index is 3.53. The fourth-order valence-electron chi connectivity index (χ4n) is 1.54. The Hall–Kier alpha value is -0.300. The van der Waals surface area contributed by atoms with E-state index in [1.54, 1.807) is 0 Å². The highest BCUT2D eigenvalue weighted by Gasteiger charge is 2.16. The normalized spacial score (nSPS) is 31.8. The smallest absolute Gasteiger partial charge is 0.0253 e. The highest BCUT2D eigenvalue weighted by atomic mass is 15.0. The van der Waals surface area contributed by atoms with Crippen LogP contribution in [0.15, 0.2) is 12.2 Å². The van der Waals surface area contributed by atoms with Crippen LogP contribution in [0.5, 0.6) is 0 Å². The highest BCUT2D eigenvalue weighted by Crippen LogP contribution is 2.12. The SMILES string of the molecule is CCC/C=C/[C@@H]1CC[C@@H](C)N1. The van der Waals surface area contributed by atoms with Gasteiger partial charge in [0, 0.05) is 12.1 Å². The van der Waals surface area contributed by atoms with Gasteiger partial charge in [-0.25, -0.2) is 0 Å². The van der Waals surface area contributed by atoms with E-state index in [9.17, 15) is 0 Å². The van der Waals surface area contributed by atoms with E-state index in [2.05, 4.69) is 31.3 Å². The number of allylic oxidation sites excluding steroid dienone is 1. The number of rotatable bonds is 3. The Morgan fingerprint density at radius 1 is 1.45 bits per heavy atom. The second-order valence-corrected chi connectivity index (χ2v) is 3.47. The van der Waals surface area contributed by atoms with Crippen LogP contribution in [0.25, 0.3) is 0 Å². The van der Waals surface area contributed by atoms with Crippen molar-refractivity contribution in [1.82, 2.24) is 5.32 Å². The Bertz CT molecular complexity index is 129. The molecular weight excluding hydrogens is 134 g/mol. The van der Waals surface area contributed by atoms with Crippen molar-refractivity contribution in [3.63, 3.8) is 0 Å². The number of hydrogen-bond acceptors (Lipinski definition) is 1. The van der Waals surface area contributed by atoms with Gasteiger partial charge in [-0.3, -0.25) is 0 Å². The van der Waals surface area contributed by atoms with Crippen LogP contribution in [0.1, 0.15) is 39.5 Å². The Morgan fingerprint density at radius 2 is 2.27 bits per heavy atom. The summed E-state index contributed by atoms with van der Waals surface area (Å²) in [5.41, 5.74) is 0. The maximum atomic E-state index is 3.53. The van der Waals surface area contributed by atoms with Gasteiger partial charge in [0.2, 0.25) is 0 Å². The molecule has 0 radical (unpaired) electrons. The summed E-state index contributed by atoms with van der Waals surface area (Å²) in [5.74, 6) is 0. The molecule has 2 atom stereocenters. The molecule has 0 amide bonds. The number of nitrogens with one attached hydrogen (secondary N) is 1. The van der Waals surface area contributed by atoms with Gasteiger partial charge in [0.05, 0.1) is 0 Å². The van der Waals surface area contributed by atoms with Gasteiger partial charge < -0.3 is 5.32 Å². The van der Waals surface area contributed by atoms with Crippen molar-refractivity contribution in [1.29, 1.82) is 0 Å². The zero-order valence-corrected chi connectivity index (χ0v) is 7.64. The Kier molecular flexibility index (Phi) is 3.64. The molecule has 1 aliphatic heterocycles. The third-order valence-corrected chi connectivity index (χ3v) is 2.23. The summed E-state index contributed by atoms with van der Waals surface area (Å²) < 4.78 is 0. The largest absolute Gasteiger partial charge is 0.308 e. The molecule has 11 heavy (non-hydrogen) atoms. The van der Waals surface area contributed by atoms with E-state index in [1.165, 1.54) is 25.7 Å². The van der Waals surface area contributed by atoms with Crippen LogP contribution in [0.3, 0.4) is 0 Å². The molecule has 1 heteroatoms. The maximum Gasteiger partial charge on any atom is 0.0253 e. The first kappa shape index (κ1) is 8.79. The Morgan fingerprint density at radius 3 is 2.82 bits per heavy atom. The molecule has 1 rings (SSSR count).